The van der Waals surface area contributed by atoms with Gasteiger partial charge in [-0.2, -0.15) is 0 Å². The Hall–Kier alpha value is -2.77. The number of ether oxygens (including phenoxy) is 3. The number of cyclic esters (lactones) is 1. The molecule has 0 spiro atoms. The Balaban J connectivity index is 1.89. The van der Waals surface area contributed by atoms with Crippen molar-refractivity contribution in [3.05, 3.63) is 29.8 Å². The van der Waals surface area contributed by atoms with Crippen LogP contribution in [-0.4, -0.2) is 55.8 Å². The minimum atomic E-state index is -0.737. The van der Waals surface area contributed by atoms with Crippen molar-refractivity contribution in [2.75, 3.05) is 26.9 Å². The van der Waals surface area contributed by atoms with Gasteiger partial charge in [-0.3, -0.25) is 14.5 Å². The van der Waals surface area contributed by atoms with Crippen molar-refractivity contribution in [3.63, 3.8) is 0 Å². The van der Waals surface area contributed by atoms with Crippen molar-refractivity contribution in [1.82, 2.24) is 10.2 Å². The minimum absolute atomic E-state index is 0.0180. The second-order valence-electron chi connectivity index (χ2n) is 5.20. The molecule has 24 heavy (non-hydrogen) atoms. The molecule has 1 saturated heterocycles. The van der Waals surface area contributed by atoms with Gasteiger partial charge in [-0.25, -0.2) is 4.79 Å². The second-order valence-corrected chi connectivity index (χ2v) is 5.20. The van der Waals surface area contributed by atoms with Crippen molar-refractivity contribution in [1.29, 1.82) is 0 Å². The highest BCUT2D eigenvalue weighted by atomic mass is 16.6. The molecule has 1 aromatic rings. The van der Waals surface area contributed by atoms with Crippen LogP contribution in [0.4, 0.5) is 4.79 Å². The van der Waals surface area contributed by atoms with Crippen molar-refractivity contribution >= 4 is 18.0 Å². The van der Waals surface area contributed by atoms with E-state index in [1.165, 1.54) is 11.8 Å². The molecule has 8 nitrogen and oxygen atoms in total. The van der Waals surface area contributed by atoms with E-state index >= 15 is 0 Å². The first-order valence-electron chi connectivity index (χ1n) is 7.48. The number of hydrogen-bond acceptors (Lipinski definition) is 6. The molecular formula is C16H20N2O6. The smallest absolute Gasteiger partial charge is 0.410 e. The molecule has 1 atom stereocenters. The van der Waals surface area contributed by atoms with Crippen molar-refractivity contribution in [3.8, 4) is 5.75 Å². The lowest BCUT2D eigenvalue weighted by molar-refractivity contribution is -0.141. The number of carbonyl (C=O) groups excluding carboxylic acids is 3. The standard InChI is InChI=1S/C16H20N2O6/c1-11(19)23-7-6-18-14(10-24-16(18)21)15(20)17-9-12-4-3-5-13(8-12)22-2/h3-5,8,14H,6-7,9-10H2,1-2H3,(H,17,20)/t14-/m0/s1. The molecule has 0 bridgehead atoms. The van der Waals surface area contributed by atoms with E-state index in [0.717, 1.165) is 5.56 Å². The average Bonchev–Trinajstić information content (AvgIpc) is 2.93. The number of benzene rings is 1. The minimum Gasteiger partial charge on any atom is -0.497 e. The summed E-state index contributed by atoms with van der Waals surface area (Å²) in [6.07, 6.45) is -0.594. The van der Waals surface area contributed by atoms with E-state index < -0.39 is 18.1 Å². The Bertz CT molecular complexity index is 618. The van der Waals surface area contributed by atoms with E-state index in [2.05, 4.69) is 5.32 Å². The van der Waals surface area contributed by atoms with E-state index in [-0.39, 0.29) is 25.7 Å². The van der Waals surface area contributed by atoms with E-state index in [1.54, 1.807) is 7.11 Å². The zero-order valence-corrected chi connectivity index (χ0v) is 13.6. The Morgan fingerprint density at radius 2 is 2.21 bits per heavy atom. The summed E-state index contributed by atoms with van der Waals surface area (Å²) in [5.41, 5.74) is 0.874. The van der Waals surface area contributed by atoms with Gasteiger partial charge in [0, 0.05) is 13.5 Å². The van der Waals surface area contributed by atoms with Crippen LogP contribution in [0.5, 0.6) is 5.75 Å². The normalized spacial score (nSPS) is 16.5. The summed E-state index contributed by atoms with van der Waals surface area (Å²) in [5, 5.41) is 2.77. The summed E-state index contributed by atoms with van der Waals surface area (Å²) < 4.78 is 14.8. The van der Waals surface area contributed by atoms with Gasteiger partial charge < -0.3 is 19.5 Å². The van der Waals surface area contributed by atoms with Gasteiger partial charge in [0.25, 0.3) is 0 Å². The maximum atomic E-state index is 12.3. The summed E-state index contributed by atoms with van der Waals surface area (Å²) in [5.74, 6) is -0.0720. The number of methoxy groups -OCH3 is 1. The third kappa shape index (κ3) is 4.61. The lowest BCUT2D eigenvalue weighted by Gasteiger charge is -2.20. The number of rotatable bonds is 7. The van der Waals surface area contributed by atoms with Crippen LogP contribution in [0, 0.1) is 0 Å². The molecule has 130 valence electrons. The van der Waals surface area contributed by atoms with Gasteiger partial charge in [0.2, 0.25) is 5.91 Å². The van der Waals surface area contributed by atoms with E-state index in [0.29, 0.717) is 12.3 Å². The summed E-state index contributed by atoms with van der Waals surface area (Å²) in [6, 6.07) is 6.57. The van der Waals surface area contributed by atoms with Crippen LogP contribution in [0.25, 0.3) is 0 Å². The number of esters is 1. The van der Waals surface area contributed by atoms with Crippen LogP contribution in [0.3, 0.4) is 0 Å². The lowest BCUT2D eigenvalue weighted by atomic mass is 10.2. The average molecular weight is 336 g/mol. The van der Waals surface area contributed by atoms with E-state index in [4.69, 9.17) is 14.2 Å². The first-order valence-corrected chi connectivity index (χ1v) is 7.48. The summed E-state index contributed by atoms with van der Waals surface area (Å²) >= 11 is 0. The first-order chi connectivity index (χ1) is 11.5. The van der Waals surface area contributed by atoms with E-state index in [9.17, 15) is 14.4 Å². The number of amides is 2. The molecule has 1 fully saturated rings. The summed E-state index contributed by atoms with van der Waals surface area (Å²) in [4.78, 5) is 36.0. The molecule has 0 unspecified atom stereocenters. The molecule has 1 N–H and O–H groups in total. The Morgan fingerprint density at radius 3 is 2.92 bits per heavy atom. The fraction of sp³-hybridized carbons (Fsp3) is 0.438. The van der Waals surface area contributed by atoms with Gasteiger partial charge in [0.05, 0.1) is 13.7 Å². The molecule has 1 heterocycles. The molecule has 0 aliphatic carbocycles. The lowest BCUT2D eigenvalue weighted by Crippen LogP contribution is -2.46. The quantitative estimate of drug-likeness (QED) is 0.737. The number of carbonyl (C=O) groups is 3. The Kier molecular flexibility index (Phi) is 6.00. The molecule has 1 aliphatic rings. The highest BCUT2D eigenvalue weighted by Crippen LogP contribution is 2.14. The first kappa shape index (κ1) is 17.6. The maximum Gasteiger partial charge on any atom is 0.410 e. The Morgan fingerprint density at radius 1 is 1.42 bits per heavy atom. The molecule has 0 aromatic heterocycles. The SMILES string of the molecule is COc1cccc(CNC(=O)[C@@H]2COC(=O)N2CCOC(C)=O)c1. The van der Waals surface area contributed by atoms with Crippen LogP contribution in [0.2, 0.25) is 0 Å². The van der Waals surface area contributed by atoms with Gasteiger partial charge in [0.1, 0.15) is 25.0 Å². The molecular weight excluding hydrogens is 316 g/mol. The van der Waals surface area contributed by atoms with Gasteiger partial charge in [-0.15, -0.1) is 0 Å². The maximum absolute atomic E-state index is 12.3. The van der Waals surface area contributed by atoms with Crippen LogP contribution in [0.15, 0.2) is 24.3 Å². The van der Waals surface area contributed by atoms with Crippen molar-refractivity contribution in [2.24, 2.45) is 0 Å². The van der Waals surface area contributed by atoms with Crippen LogP contribution < -0.4 is 10.1 Å². The monoisotopic (exact) mass is 336 g/mol. The molecule has 8 heteroatoms. The highest BCUT2D eigenvalue weighted by Gasteiger charge is 2.37. The molecule has 2 amide bonds. The van der Waals surface area contributed by atoms with Crippen molar-refractivity contribution in [2.45, 2.75) is 19.5 Å². The molecule has 1 aromatic carbocycles. The summed E-state index contributed by atoms with van der Waals surface area (Å²) in [7, 11) is 1.57. The number of nitrogens with zero attached hydrogens (tertiary/aromatic N) is 1. The zero-order valence-electron chi connectivity index (χ0n) is 13.6. The van der Waals surface area contributed by atoms with Crippen LogP contribution >= 0.6 is 0 Å². The highest BCUT2D eigenvalue weighted by molar-refractivity contribution is 5.87. The molecule has 1 aliphatic heterocycles. The van der Waals surface area contributed by atoms with Crippen molar-refractivity contribution < 1.29 is 28.6 Å². The third-order valence-electron chi connectivity index (χ3n) is 3.52. The zero-order chi connectivity index (χ0) is 17.5. The second kappa shape index (κ2) is 8.19. The van der Waals surface area contributed by atoms with Crippen LogP contribution in [-0.2, 0) is 25.6 Å². The van der Waals surface area contributed by atoms with Gasteiger partial charge in [-0.05, 0) is 17.7 Å². The predicted octanol–water partition coefficient (Wildman–Crippen LogP) is 0.695. The van der Waals surface area contributed by atoms with Gasteiger partial charge >= 0.3 is 12.1 Å². The van der Waals surface area contributed by atoms with Crippen LogP contribution in [0.1, 0.15) is 12.5 Å². The van der Waals surface area contributed by atoms with Gasteiger partial charge in [-0.1, -0.05) is 12.1 Å². The predicted molar refractivity (Wildman–Crippen MR) is 83.3 cm³/mol. The Labute approximate surface area is 139 Å². The molecule has 0 saturated carbocycles. The topological polar surface area (TPSA) is 94.2 Å². The summed E-state index contributed by atoms with van der Waals surface area (Å²) in [6.45, 7) is 1.68. The fourth-order valence-corrected chi connectivity index (χ4v) is 2.29. The van der Waals surface area contributed by atoms with E-state index in [1.807, 2.05) is 24.3 Å². The molecule has 2 rings (SSSR count). The number of nitrogens with one attached hydrogen (secondary N) is 1. The van der Waals surface area contributed by atoms with Gasteiger partial charge in [0.15, 0.2) is 0 Å². The fourth-order valence-electron chi connectivity index (χ4n) is 2.29. The largest absolute Gasteiger partial charge is 0.497 e. The molecule has 0 radical (unpaired) electrons. The number of hydrogen-bond donors (Lipinski definition) is 1. The third-order valence-corrected chi connectivity index (χ3v) is 3.52.